The topological polar surface area (TPSA) is 67.4 Å². The van der Waals surface area contributed by atoms with Gasteiger partial charge in [0, 0.05) is 12.6 Å². The maximum Gasteiger partial charge on any atom is 0.573 e. The first kappa shape index (κ1) is 16.1. The van der Waals surface area contributed by atoms with E-state index in [1.165, 1.54) is 0 Å². The van der Waals surface area contributed by atoms with E-state index in [1.54, 1.807) is 0 Å². The summed E-state index contributed by atoms with van der Waals surface area (Å²) in [6, 6.07) is 3.90. The van der Waals surface area contributed by atoms with Crippen LogP contribution in [-0.4, -0.2) is 33.9 Å². The van der Waals surface area contributed by atoms with Gasteiger partial charge >= 0.3 is 6.36 Å². The summed E-state index contributed by atoms with van der Waals surface area (Å²) in [5.74, 6) is -0.458. The molecule has 1 heterocycles. The third-order valence-corrected chi connectivity index (χ3v) is 4.52. The van der Waals surface area contributed by atoms with Crippen molar-refractivity contribution in [1.82, 2.24) is 10.0 Å². The molecule has 0 unspecified atom stereocenters. The molecule has 0 aliphatic carbocycles. The number of sulfonamides is 1. The highest BCUT2D eigenvalue weighted by atomic mass is 32.2. The molecule has 1 fully saturated rings. The van der Waals surface area contributed by atoms with Crippen LogP contribution in [0, 0.1) is 0 Å². The van der Waals surface area contributed by atoms with Crippen molar-refractivity contribution in [3.63, 3.8) is 0 Å². The SMILES string of the molecule is O=S(=O)(N[C@H]1CCCNC1)c1ccc(OC(F)(F)F)cc1. The van der Waals surface area contributed by atoms with Crippen LogP contribution in [0.15, 0.2) is 29.2 Å². The van der Waals surface area contributed by atoms with Gasteiger partial charge in [-0.25, -0.2) is 13.1 Å². The van der Waals surface area contributed by atoms with E-state index >= 15 is 0 Å². The first-order valence-corrected chi connectivity index (χ1v) is 7.83. The zero-order chi connectivity index (χ0) is 15.5. The first-order chi connectivity index (χ1) is 9.76. The molecule has 2 rings (SSSR count). The molecule has 1 aliphatic rings. The minimum atomic E-state index is -4.80. The Morgan fingerprint density at radius 3 is 2.43 bits per heavy atom. The van der Waals surface area contributed by atoms with Gasteiger partial charge in [-0.2, -0.15) is 0 Å². The van der Waals surface area contributed by atoms with Crippen LogP contribution >= 0.6 is 0 Å². The summed E-state index contributed by atoms with van der Waals surface area (Å²) >= 11 is 0. The van der Waals surface area contributed by atoms with E-state index in [-0.39, 0.29) is 10.9 Å². The lowest BCUT2D eigenvalue weighted by Crippen LogP contribution is -2.45. The van der Waals surface area contributed by atoms with Crippen molar-refractivity contribution in [2.45, 2.75) is 30.1 Å². The van der Waals surface area contributed by atoms with Crippen LogP contribution in [0.25, 0.3) is 0 Å². The number of piperidine rings is 1. The zero-order valence-electron chi connectivity index (χ0n) is 11.0. The lowest BCUT2D eigenvalue weighted by Gasteiger charge is -2.23. The van der Waals surface area contributed by atoms with E-state index in [1.807, 2.05) is 0 Å². The van der Waals surface area contributed by atoms with Gasteiger partial charge in [0.15, 0.2) is 0 Å². The molecule has 1 saturated heterocycles. The molecule has 1 aromatic rings. The van der Waals surface area contributed by atoms with Crippen molar-refractivity contribution in [3.8, 4) is 5.75 Å². The minimum Gasteiger partial charge on any atom is -0.406 e. The summed E-state index contributed by atoms with van der Waals surface area (Å²) in [5, 5.41) is 3.07. The quantitative estimate of drug-likeness (QED) is 0.883. The standard InChI is InChI=1S/C12H15F3N2O3S/c13-12(14,15)20-10-3-5-11(6-4-10)21(18,19)17-9-2-1-7-16-8-9/h3-6,9,16-17H,1-2,7-8H2/t9-/m0/s1. The smallest absolute Gasteiger partial charge is 0.406 e. The molecule has 1 atom stereocenters. The van der Waals surface area contributed by atoms with Gasteiger partial charge in [0.05, 0.1) is 4.90 Å². The van der Waals surface area contributed by atoms with Crippen molar-refractivity contribution >= 4 is 10.0 Å². The van der Waals surface area contributed by atoms with Gasteiger partial charge in [-0.3, -0.25) is 0 Å². The predicted molar refractivity (Wildman–Crippen MR) is 69.3 cm³/mol. The van der Waals surface area contributed by atoms with Gasteiger partial charge in [0.25, 0.3) is 0 Å². The number of ether oxygens (including phenoxy) is 1. The Balaban J connectivity index is 2.06. The number of hydrogen-bond donors (Lipinski definition) is 2. The number of nitrogens with one attached hydrogen (secondary N) is 2. The molecule has 9 heteroatoms. The lowest BCUT2D eigenvalue weighted by atomic mass is 10.1. The van der Waals surface area contributed by atoms with Crippen LogP contribution in [0.1, 0.15) is 12.8 Å². The molecule has 0 bridgehead atoms. The molecule has 0 spiro atoms. The van der Waals surface area contributed by atoms with E-state index in [4.69, 9.17) is 0 Å². The Morgan fingerprint density at radius 1 is 1.24 bits per heavy atom. The fourth-order valence-corrected chi connectivity index (χ4v) is 3.33. The van der Waals surface area contributed by atoms with Crippen molar-refractivity contribution in [2.24, 2.45) is 0 Å². The summed E-state index contributed by atoms with van der Waals surface area (Å²) in [7, 11) is -3.75. The second-order valence-electron chi connectivity index (χ2n) is 4.68. The fraction of sp³-hybridized carbons (Fsp3) is 0.500. The van der Waals surface area contributed by atoms with E-state index in [0.29, 0.717) is 6.54 Å². The Morgan fingerprint density at radius 2 is 1.90 bits per heavy atom. The second kappa shape index (κ2) is 6.20. The fourth-order valence-electron chi connectivity index (χ4n) is 2.06. The van der Waals surface area contributed by atoms with Crippen LogP contribution in [0.4, 0.5) is 13.2 Å². The summed E-state index contributed by atoms with van der Waals surface area (Å²) in [6.45, 7) is 1.39. The number of rotatable bonds is 4. The summed E-state index contributed by atoms with van der Waals surface area (Å²) in [4.78, 5) is -0.0948. The molecular weight excluding hydrogens is 309 g/mol. The van der Waals surface area contributed by atoms with Gasteiger partial charge in [-0.1, -0.05) is 0 Å². The van der Waals surface area contributed by atoms with Gasteiger partial charge < -0.3 is 10.1 Å². The largest absolute Gasteiger partial charge is 0.573 e. The van der Waals surface area contributed by atoms with Crippen LogP contribution < -0.4 is 14.8 Å². The van der Waals surface area contributed by atoms with E-state index in [0.717, 1.165) is 43.7 Å². The van der Waals surface area contributed by atoms with E-state index in [2.05, 4.69) is 14.8 Å². The summed E-state index contributed by atoms with van der Waals surface area (Å²) < 4.78 is 66.5. The molecule has 2 N–H and O–H groups in total. The molecule has 0 saturated carbocycles. The summed E-state index contributed by atoms with van der Waals surface area (Å²) in [5.41, 5.74) is 0. The van der Waals surface area contributed by atoms with Crippen molar-refractivity contribution in [3.05, 3.63) is 24.3 Å². The van der Waals surface area contributed by atoms with E-state index < -0.39 is 22.1 Å². The molecule has 0 aromatic heterocycles. The number of benzene rings is 1. The van der Waals surface area contributed by atoms with Crippen molar-refractivity contribution in [2.75, 3.05) is 13.1 Å². The minimum absolute atomic E-state index is 0.0948. The number of alkyl halides is 3. The molecule has 0 radical (unpaired) electrons. The highest BCUT2D eigenvalue weighted by Gasteiger charge is 2.31. The molecule has 21 heavy (non-hydrogen) atoms. The van der Waals surface area contributed by atoms with Crippen molar-refractivity contribution < 1.29 is 26.3 Å². The van der Waals surface area contributed by atoms with Crippen molar-refractivity contribution in [1.29, 1.82) is 0 Å². The highest BCUT2D eigenvalue weighted by Crippen LogP contribution is 2.24. The third kappa shape index (κ3) is 4.87. The molecule has 1 aliphatic heterocycles. The van der Waals surface area contributed by atoms with Crippen LogP contribution in [0.5, 0.6) is 5.75 Å². The maximum atomic E-state index is 12.1. The molecular formula is C12H15F3N2O3S. The Labute approximate surface area is 120 Å². The van der Waals surface area contributed by atoms with Crippen LogP contribution in [0.2, 0.25) is 0 Å². The van der Waals surface area contributed by atoms with Crippen LogP contribution in [-0.2, 0) is 10.0 Å². The zero-order valence-corrected chi connectivity index (χ0v) is 11.8. The van der Waals surface area contributed by atoms with E-state index in [9.17, 15) is 21.6 Å². The highest BCUT2D eigenvalue weighted by molar-refractivity contribution is 7.89. The molecule has 0 amide bonds. The van der Waals surface area contributed by atoms with Crippen LogP contribution in [0.3, 0.4) is 0 Å². The monoisotopic (exact) mass is 324 g/mol. The Hall–Kier alpha value is -1.32. The number of hydrogen-bond acceptors (Lipinski definition) is 4. The van der Waals surface area contributed by atoms with Gasteiger partial charge in [-0.15, -0.1) is 13.2 Å². The van der Waals surface area contributed by atoms with Gasteiger partial charge in [0.1, 0.15) is 5.75 Å². The molecule has 1 aromatic carbocycles. The normalized spacial score (nSPS) is 20.2. The Bertz CT molecular complexity index is 566. The van der Waals surface area contributed by atoms with Gasteiger partial charge in [0.2, 0.25) is 10.0 Å². The maximum absolute atomic E-state index is 12.1. The lowest BCUT2D eigenvalue weighted by molar-refractivity contribution is -0.274. The average molecular weight is 324 g/mol. The number of halogens is 3. The Kier molecular flexibility index (Phi) is 4.74. The second-order valence-corrected chi connectivity index (χ2v) is 6.40. The first-order valence-electron chi connectivity index (χ1n) is 6.35. The summed E-state index contributed by atoms with van der Waals surface area (Å²) in [6.07, 6.45) is -3.21. The predicted octanol–water partition coefficient (Wildman–Crippen LogP) is 1.62. The molecule has 5 nitrogen and oxygen atoms in total. The van der Waals surface area contributed by atoms with Gasteiger partial charge in [-0.05, 0) is 43.7 Å². The average Bonchev–Trinajstić information content (AvgIpc) is 2.38. The third-order valence-electron chi connectivity index (χ3n) is 2.99. The molecule has 118 valence electrons.